The maximum atomic E-state index is 12.4. The fraction of sp³-hybridized carbons (Fsp3) is 0.348. The molecule has 9 heteroatoms. The first-order valence-electron chi connectivity index (χ1n) is 10.4. The van der Waals surface area contributed by atoms with Gasteiger partial charge < -0.3 is 24.3 Å². The van der Waals surface area contributed by atoms with Crippen molar-refractivity contribution >= 4 is 11.7 Å². The van der Waals surface area contributed by atoms with Crippen molar-refractivity contribution in [3.8, 4) is 34.3 Å². The van der Waals surface area contributed by atoms with Crippen LogP contribution in [0, 0.1) is 0 Å². The highest BCUT2D eigenvalue weighted by molar-refractivity contribution is 5.94. The van der Waals surface area contributed by atoms with Crippen molar-refractivity contribution in [3.05, 3.63) is 42.5 Å². The molecule has 0 unspecified atom stereocenters. The molecule has 0 fully saturated rings. The van der Waals surface area contributed by atoms with E-state index < -0.39 is 5.91 Å². The molecule has 0 radical (unpaired) electrons. The summed E-state index contributed by atoms with van der Waals surface area (Å²) < 4.78 is 27.0. The zero-order valence-corrected chi connectivity index (χ0v) is 18.4. The number of methoxy groups -OCH3 is 1. The van der Waals surface area contributed by atoms with Gasteiger partial charge in [0.2, 0.25) is 5.82 Å². The molecule has 0 atom stereocenters. The molecule has 0 saturated heterocycles. The number of nitrogens with zero attached hydrogens (tertiary/aromatic N) is 2. The van der Waals surface area contributed by atoms with E-state index in [9.17, 15) is 4.79 Å². The minimum absolute atomic E-state index is 0.192. The number of carbonyl (C=O) groups is 1. The molecule has 0 aliphatic carbocycles. The van der Waals surface area contributed by atoms with Crippen molar-refractivity contribution in [3.63, 3.8) is 0 Å². The number of anilines is 1. The zero-order chi connectivity index (χ0) is 22.8. The van der Waals surface area contributed by atoms with E-state index in [4.69, 9.17) is 23.6 Å². The topological polar surface area (TPSA) is 105 Å². The van der Waals surface area contributed by atoms with Crippen LogP contribution in [-0.4, -0.2) is 43.2 Å². The maximum Gasteiger partial charge on any atom is 0.263 e. The van der Waals surface area contributed by atoms with Gasteiger partial charge in [-0.3, -0.25) is 4.79 Å². The molecule has 0 aliphatic heterocycles. The third-order valence-electron chi connectivity index (χ3n) is 4.32. The van der Waals surface area contributed by atoms with Crippen molar-refractivity contribution in [2.75, 3.05) is 32.2 Å². The van der Waals surface area contributed by atoms with E-state index in [2.05, 4.69) is 15.6 Å². The third kappa shape index (κ3) is 6.13. The number of carbonyl (C=O) groups excluding carboxylic acids is 1. The van der Waals surface area contributed by atoms with E-state index in [0.717, 1.165) is 12.8 Å². The van der Waals surface area contributed by atoms with E-state index in [1.807, 2.05) is 26.0 Å². The molecule has 9 nitrogen and oxygen atoms in total. The van der Waals surface area contributed by atoms with Crippen molar-refractivity contribution in [2.45, 2.75) is 26.7 Å². The van der Waals surface area contributed by atoms with Gasteiger partial charge >= 0.3 is 0 Å². The Kier molecular flexibility index (Phi) is 8.30. The van der Waals surface area contributed by atoms with E-state index in [1.54, 1.807) is 37.4 Å². The summed E-state index contributed by atoms with van der Waals surface area (Å²) in [5.74, 6) is 2.29. The number of ether oxygens (including phenoxy) is 4. The average Bonchev–Trinajstić information content (AvgIpc) is 3.28. The van der Waals surface area contributed by atoms with Crippen molar-refractivity contribution in [1.29, 1.82) is 0 Å². The third-order valence-corrected chi connectivity index (χ3v) is 4.32. The second-order valence-corrected chi connectivity index (χ2v) is 6.83. The Morgan fingerprint density at radius 2 is 1.59 bits per heavy atom. The van der Waals surface area contributed by atoms with Gasteiger partial charge in [0.25, 0.3) is 5.91 Å². The number of hydrogen-bond acceptors (Lipinski definition) is 8. The number of nitrogens with one attached hydrogen (secondary N) is 1. The van der Waals surface area contributed by atoms with Crippen LogP contribution in [0.2, 0.25) is 0 Å². The molecule has 1 N–H and O–H groups in total. The summed E-state index contributed by atoms with van der Waals surface area (Å²) in [7, 11) is 1.58. The van der Waals surface area contributed by atoms with Crippen molar-refractivity contribution in [1.82, 2.24) is 10.3 Å². The lowest BCUT2D eigenvalue weighted by Gasteiger charge is -2.13. The predicted molar refractivity (Wildman–Crippen MR) is 118 cm³/mol. The molecule has 2 aromatic carbocycles. The molecular weight excluding hydrogens is 414 g/mol. The summed E-state index contributed by atoms with van der Waals surface area (Å²) in [5.41, 5.74) is 1.05. The van der Waals surface area contributed by atoms with Crippen LogP contribution >= 0.6 is 0 Å². The number of benzene rings is 2. The van der Waals surface area contributed by atoms with Gasteiger partial charge in [-0.1, -0.05) is 13.8 Å². The minimum Gasteiger partial charge on any atom is -0.497 e. The van der Waals surface area contributed by atoms with Gasteiger partial charge in [0.1, 0.15) is 11.5 Å². The number of hydrogen-bond donors (Lipinski definition) is 1. The van der Waals surface area contributed by atoms with Crippen LogP contribution in [0.3, 0.4) is 0 Å². The molecule has 1 aromatic heterocycles. The average molecular weight is 441 g/mol. The summed E-state index contributed by atoms with van der Waals surface area (Å²) in [5, 5.41) is 10.4. The highest BCUT2D eigenvalue weighted by Crippen LogP contribution is 2.34. The van der Waals surface area contributed by atoms with Gasteiger partial charge in [0.05, 0.1) is 20.3 Å². The Morgan fingerprint density at radius 3 is 2.28 bits per heavy atom. The molecule has 3 rings (SSSR count). The molecule has 3 aromatic rings. The smallest absolute Gasteiger partial charge is 0.263 e. The second-order valence-electron chi connectivity index (χ2n) is 6.83. The van der Waals surface area contributed by atoms with Crippen molar-refractivity contribution in [2.24, 2.45) is 0 Å². The first-order chi connectivity index (χ1) is 15.6. The molecule has 170 valence electrons. The van der Waals surface area contributed by atoms with E-state index >= 15 is 0 Å². The minimum atomic E-state index is -0.400. The SMILES string of the molecule is CCCOc1ccc(-c2nonc2NC(=O)COc2ccc(OC)cc2)cc1OCCC. The highest BCUT2D eigenvalue weighted by atomic mass is 16.6. The molecule has 0 bridgehead atoms. The van der Waals surface area contributed by atoms with E-state index in [1.165, 1.54) is 0 Å². The highest BCUT2D eigenvalue weighted by Gasteiger charge is 2.18. The fourth-order valence-electron chi connectivity index (χ4n) is 2.76. The standard InChI is InChI=1S/C23H27N3O6/c1-4-12-29-19-11-6-16(14-20(19)30-13-5-2)22-23(26-32-25-22)24-21(27)15-31-18-9-7-17(28-3)8-10-18/h6-11,14H,4-5,12-13,15H2,1-3H3,(H,24,26,27). The Labute approximate surface area is 186 Å². The Hall–Kier alpha value is -3.75. The van der Waals surface area contributed by atoms with Crippen LogP contribution in [0.1, 0.15) is 26.7 Å². The number of amides is 1. The maximum absolute atomic E-state index is 12.4. The van der Waals surface area contributed by atoms with Crippen LogP contribution in [0.4, 0.5) is 5.82 Å². The normalized spacial score (nSPS) is 10.5. The van der Waals surface area contributed by atoms with Crippen LogP contribution in [0.25, 0.3) is 11.3 Å². The second kappa shape index (κ2) is 11.6. The molecule has 0 aliphatic rings. The van der Waals surface area contributed by atoms with Crippen LogP contribution in [-0.2, 0) is 4.79 Å². The van der Waals surface area contributed by atoms with Crippen LogP contribution in [0.5, 0.6) is 23.0 Å². The molecule has 0 saturated carbocycles. The van der Waals surface area contributed by atoms with Gasteiger partial charge in [-0.15, -0.1) is 0 Å². The van der Waals surface area contributed by atoms with Crippen LogP contribution < -0.4 is 24.3 Å². The van der Waals surface area contributed by atoms with E-state index in [0.29, 0.717) is 47.5 Å². The predicted octanol–water partition coefficient (Wildman–Crippen LogP) is 4.34. The molecular formula is C23H27N3O6. The lowest BCUT2D eigenvalue weighted by Crippen LogP contribution is -2.20. The first-order valence-corrected chi connectivity index (χ1v) is 10.4. The van der Waals surface area contributed by atoms with Crippen LogP contribution in [0.15, 0.2) is 47.1 Å². The Bertz CT molecular complexity index is 1000. The summed E-state index contributed by atoms with van der Waals surface area (Å²) in [6.07, 6.45) is 1.75. The molecule has 1 heterocycles. The first kappa shape index (κ1) is 22.9. The summed E-state index contributed by atoms with van der Waals surface area (Å²) >= 11 is 0. The van der Waals surface area contributed by atoms with Gasteiger partial charge in [-0.25, -0.2) is 4.63 Å². The summed E-state index contributed by atoms with van der Waals surface area (Å²) in [6, 6.07) is 12.3. The zero-order valence-electron chi connectivity index (χ0n) is 18.4. The summed E-state index contributed by atoms with van der Waals surface area (Å²) in [6.45, 7) is 5.00. The van der Waals surface area contributed by atoms with Gasteiger partial charge in [0.15, 0.2) is 23.8 Å². The van der Waals surface area contributed by atoms with Gasteiger partial charge in [-0.2, -0.15) is 0 Å². The summed E-state index contributed by atoms with van der Waals surface area (Å²) in [4.78, 5) is 12.4. The quantitative estimate of drug-likeness (QED) is 0.443. The largest absolute Gasteiger partial charge is 0.497 e. The van der Waals surface area contributed by atoms with E-state index in [-0.39, 0.29) is 12.4 Å². The van der Waals surface area contributed by atoms with Gasteiger partial charge in [0, 0.05) is 5.56 Å². The monoisotopic (exact) mass is 441 g/mol. The fourth-order valence-corrected chi connectivity index (χ4v) is 2.76. The lowest BCUT2D eigenvalue weighted by molar-refractivity contribution is -0.118. The van der Waals surface area contributed by atoms with Gasteiger partial charge in [-0.05, 0) is 65.6 Å². The Morgan fingerprint density at radius 1 is 0.906 bits per heavy atom. The number of aromatic nitrogens is 2. The molecule has 1 amide bonds. The lowest BCUT2D eigenvalue weighted by atomic mass is 10.1. The van der Waals surface area contributed by atoms with Crippen molar-refractivity contribution < 1.29 is 28.4 Å². The molecule has 32 heavy (non-hydrogen) atoms. The molecule has 0 spiro atoms. The Balaban J connectivity index is 1.68. The number of rotatable bonds is 12.